The minimum atomic E-state index is 0.0151. The summed E-state index contributed by atoms with van der Waals surface area (Å²) < 4.78 is 13.7. The van der Waals surface area contributed by atoms with E-state index in [-0.39, 0.29) is 5.60 Å². The molecule has 180 valence electrons. The molecule has 4 aromatic rings. The van der Waals surface area contributed by atoms with E-state index in [0.29, 0.717) is 18.3 Å². The Morgan fingerprint density at radius 2 is 1.97 bits per heavy atom. The highest BCUT2D eigenvalue weighted by Crippen LogP contribution is 2.40. The lowest BCUT2D eigenvalue weighted by atomic mass is 9.86. The summed E-state index contributed by atoms with van der Waals surface area (Å²) in [6.07, 6.45) is 2.95. The number of benzene rings is 1. The monoisotopic (exact) mass is 472 g/mol. The van der Waals surface area contributed by atoms with Crippen molar-refractivity contribution in [1.29, 1.82) is 0 Å². The second-order valence-corrected chi connectivity index (χ2v) is 9.26. The summed E-state index contributed by atoms with van der Waals surface area (Å²) in [6, 6.07) is 7.93. The zero-order chi connectivity index (χ0) is 24.2. The summed E-state index contributed by atoms with van der Waals surface area (Å²) in [5.41, 5.74) is 3.49. The molecule has 35 heavy (non-hydrogen) atoms. The second-order valence-electron chi connectivity index (χ2n) is 9.26. The third kappa shape index (κ3) is 3.74. The Labute approximate surface area is 203 Å². The summed E-state index contributed by atoms with van der Waals surface area (Å²) in [7, 11) is 1.95. The number of hydrogen-bond acceptors (Lipinski definition) is 9. The van der Waals surface area contributed by atoms with Crippen LogP contribution in [0.3, 0.4) is 0 Å². The van der Waals surface area contributed by atoms with Crippen LogP contribution >= 0.6 is 0 Å². The fourth-order valence-electron chi connectivity index (χ4n) is 4.69. The molecule has 2 fully saturated rings. The van der Waals surface area contributed by atoms with Gasteiger partial charge in [0, 0.05) is 36.3 Å². The highest BCUT2D eigenvalue weighted by Gasteiger charge is 2.50. The zero-order valence-corrected chi connectivity index (χ0v) is 20.4. The van der Waals surface area contributed by atoms with Gasteiger partial charge in [-0.1, -0.05) is 0 Å². The van der Waals surface area contributed by atoms with Gasteiger partial charge in [-0.25, -0.2) is 15.0 Å². The average Bonchev–Trinajstić information content (AvgIpc) is 3.11. The Morgan fingerprint density at radius 1 is 1.14 bits per heavy atom. The molecule has 10 heteroatoms. The van der Waals surface area contributed by atoms with E-state index in [0.717, 1.165) is 71.4 Å². The van der Waals surface area contributed by atoms with Gasteiger partial charge in [-0.3, -0.25) is 0 Å². The highest BCUT2D eigenvalue weighted by molar-refractivity contribution is 5.90. The first-order valence-electron chi connectivity index (χ1n) is 11.9. The number of ether oxygens (including phenoxy) is 2. The lowest BCUT2D eigenvalue weighted by Gasteiger charge is -2.55. The lowest BCUT2D eigenvalue weighted by molar-refractivity contribution is -0.161. The summed E-state index contributed by atoms with van der Waals surface area (Å²) in [4.78, 5) is 16.5. The molecule has 1 aromatic carbocycles. The van der Waals surface area contributed by atoms with E-state index in [4.69, 9.17) is 19.4 Å². The maximum absolute atomic E-state index is 5.94. The first-order valence-corrected chi connectivity index (χ1v) is 11.9. The van der Waals surface area contributed by atoms with Crippen LogP contribution in [0.4, 0.5) is 17.5 Å². The van der Waals surface area contributed by atoms with Gasteiger partial charge >= 0.3 is 0 Å². The largest absolute Gasteiger partial charge is 0.492 e. The number of anilines is 3. The summed E-state index contributed by atoms with van der Waals surface area (Å²) >= 11 is 0. The van der Waals surface area contributed by atoms with E-state index < -0.39 is 0 Å². The van der Waals surface area contributed by atoms with Crippen molar-refractivity contribution in [2.75, 3.05) is 36.5 Å². The Morgan fingerprint density at radius 3 is 2.66 bits per heavy atom. The number of rotatable bonds is 6. The Hall–Kier alpha value is -3.79. The summed E-state index contributed by atoms with van der Waals surface area (Å²) in [5, 5.41) is 12.8. The Balaban J connectivity index is 1.33. The van der Waals surface area contributed by atoms with Gasteiger partial charge in [0.25, 0.3) is 0 Å². The molecule has 0 atom stereocenters. The number of hydrogen-bond donors (Lipinski definition) is 1. The van der Waals surface area contributed by atoms with Crippen molar-refractivity contribution in [2.45, 2.75) is 32.8 Å². The van der Waals surface area contributed by atoms with Crippen LogP contribution in [0, 0.1) is 13.8 Å². The van der Waals surface area contributed by atoms with Gasteiger partial charge in [0.15, 0.2) is 11.6 Å². The molecule has 1 spiro atoms. The molecular formula is C25H28N8O2. The molecule has 1 N–H and O–H groups in total. The van der Waals surface area contributed by atoms with Crippen molar-refractivity contribution in [3.05, 3.63) is 42.0 Å². The molecule has 0 bridgehead atoms. The van der Waals surface area contributed by atoms with Crippen molar-refractivity contribution in [2.24, 2.45) is 7.05 Å². The molecule has 2 saturated heterocycles. The van der Waals surface area contributed by atoms with Crippen molar-refractivity contribution in [3.8, 4) is 17.1 Å². The van der Waals surface area contributed by atoms with Crippen LogP contribution < -0.4 is 15.0 Å². The maximum Gasteiger partial charge on any atom is 0.227 e. The number of aryl methyl sites for hydroxylation is 2. The van der Waals surface area contributed by atoms with Gasteiger partial charge in [-0.15, -0.1) is 10.2 Å². The molecule has 2 aliphatic rings. The molecule has 0 aliphatic carbocycles. The van der Waals surface area contributed by atoms with Crippen LogP contribution in [0.1, 0.15) is 24.9 Å². The number of pyridine rings is 1. The van der Waals surface area contributed by atoms with Crippen LogP contribution in [0.15, 0.2) is 30.5 Å². The van der Waals surface area contributed by atoms with E-state index in [2.05, 4.69) is 25.4 Å². The third-order valence-electron chi connectivity index (χ3n) is 6.78. The molecule has 6 rings (SSSR count). The average molecular weight is 473 g/mol. The quantitative estimate of drug-likeness (QED) is 0.451. The molecule has 0 amide bonds. The number of fused-ring (bicyclic) bond motifs is 1. The van der Waals surface area contributed by atoms with E-state index in [1.165, 1.54) is 0 Å². The lowest BCUT2D eigenvalue weighted by Crippen LogP contribution is -2.68. The van der Waals surface area contributed by atoms with Gasteiger partial charge in [0.05, 0.1) is 32.0 Å². The molecule has 5 heterocycles. The minimum absolute atomic E-state index is 0.0151. The van der Waals surface area contributed by atoms with Crippen LogP contribution in [0.25, 0.3) is 22.3 Å². The fourth-order valence-corrected chi connectivity index (χ4v) is 4.69. The number of nitrogens with zero attached hydrogens (tertiary/aromatic N) is 7. The standard InChI is InChI=1S/C25H28N8O2/c1-5-34-20-11-17(22-31-30-16(3)32(22)4)6-7-19(20)28-24-26-12-18-10-15(2)27-23(21(18)29-24)33-13-25(14-33)8-9-35-25/h6-7,10-12H,5,8-9,13-14H2,1-4H3,(H,26,28,29). The fraction of sp³-hybridized carbons (Fsp3) is 0.400. The molecule has 10 nitrogen and oxygen atoms in total. The predicted molar refractivity (Wildman–Crippen MR) is 133 cm³/mol. The van der Waals surface area contributed by atoms with Crippen LogP contribution in [-0.2, 0) is 11.8 Å². The molecular weight excluding hydrogens is 444 g/mol. The SMILES string of the molecule is CCOc1cc(-c2nnc(C)n2C)ccc1Nc1ncc2cc(C)nc(N3CC4(CCO4)C3)c2n1. The Kier molecular flexibility index (Phi) is 5.06. The Bertz CT molecular complexity index is 1420. The molecule has 2 aliphatic heterocycles. The van der Waals surface area contributed by atoms with Crippen molar-refractivity contribution in [3.63, 3.8) is 0 Å². The van der Waals surface area contributed by atoms with Crippen molar-refractivity contribution >= 4 is 28.4 Å². The topological polar surface area (TPSA) is 103 Å². The first-order chi connectivity index (χ1) is 16.9. The maximum atomic E-state index is 5.94. The van der Waals surface area contributed by atoms with Gasteiger partial charge in [-0.2, -0.15) is 0 Å². The summed E-state index contributed by atoms with van der Waals surface area (Å²) in [6.45, 7) is 8.97. The van der Waals surface area contributed by atoms with E-state index in [1.54, 1.807) is 0 Å². The van der Waals surface area contributed by atoms with Crippen LogP contribution in [0.5, 0.6) is 5.75 Å². The normalized spacial score (nSPS) is 16.3. The van der Waals surface area contributed by atoms with E-state index in [9.17, 15) is 0 Å². The molecule has 0 unspecified atom stereocenters. The molecule has 3 aromatic heterocycles. The second kappa shape index (κ2) is 8.16. The first kappa shape index (κ1) is 21.7. The van der Waals surface area contributed by atoms with Crippen molar-refractivity contribution < 1.29 is 9.47 Å². The molecule has 0 saturated carbocycles. The highest BCUT2D eigenvalue weighted by atomic mass is 16.5. The van der Waals surface area contributed by atoms with Gasteiger partial charge in [0.1, 0.15) is 22.7 Å². The van der Waals surface area contributed by atoms with Gasteiger partial charge < -0.3 is 24.3 Å². The molecule has 0 radical (unpaired) electrons. The number of nitrogens with one attached hydrogen (secondary N) is 1. The van der Waals surface area contributed by atoms with Crippen LogP contribution in [-0.4, -0.2) is 61.6 Å². The number of aromatic nitrogens is 6. The van der Waals surface area contributed by atoms with Gasteiger partial charge in [-0.05, 0) is 45.0 Å². The van der Waals surface area contributed by atoms with Crippen LogP contribution in [0.2, 0.25) is 0 Å². The van der Waals surface area contributed by atoms with Gasteiger partial charge in [0.2, 0.25) is 5.95 Å². The smallest absolute Gasteiger partial charge is 0.227 e. The van der Waals surface area contributed by atoms with E-state index in [1.807, 2.05) is 62.8 Å². The minimum Gasteiger partial charge on any atom is -0.492 e. The summed E-state index contributed by atoms with van der Waals surface area (Å²) in [5.74, 6) is 3.70. The zero-order valence-electron chi connectivity index (χ0n) is 20.4. The van der Waals surface area contributed by atoms with E-state index >= 15 is 0 Å². The van der Waals surface area contributed by atoms with Crippen molar-refractivity contribution in [1.82, 2.24) is 29.7 Å². The third-order valence-corrected chi connectivity index (χ3v) is 6.78. The predicted octanol–water partition coefficient (Wildman–Crippen LogP) is 3.56.